The first-order valence-corrected chi connectivity index (χ1v) is 8.31. The third-order valence-corrected chi connectivity index (χ3v) is 4.27. The van der Waals surface area contributed by atoms with Gasteiger partial charge in [-0.15, -0.1) is 0 Å². The van der Waals surface area contributed by atoms with E-state index in [9.17, 15) is 5.11 Å². The molecule has 1 aromatic heterocycles. The number of benzene rings is 2. The molecule has 0 saturated carbocycles. The Bertz CT molecular complexity index is 824. The number of para-hydroxylation sites is 2. The second kappa shape index (κ2) is 5.37. The van der Waals surface area contributed by atoms with Gasteiger partial charge in [0.25, 0.3) is 0 Å². The molecule has 0 atom stereocenters. The summed E-state index contributed by atoms with van der Waals surface area (Å²) in [7, 11) is 0. The van der Waals surface area contributed by atoms with Gasteiger partial charge in [-0.1, -0.05) is 53.7 Å². The molecule has 126 valence electrons. The van der Waals surface area contributed by atoms with Gasteiger partial charge in [0.05, 0.1) is 0 Å². The maximum atomic E-state index is 10.8. The van der Waals surface area contributed by atoms with E-state index in [1.54, 1.807) is 0 Å². The summed E-state index contributed by atoms with van der Waals surface area (Å²) >= 11 is 0. The van der Waals surface area contributed by atoms with E-state index >= 15 is 0 Å². The molecule has 0 aliphatic rings. The average Bonchev–Trinajstić information content (AvgIpc) is 2.88. The normalized spacial score (nSPS) is 12.8. The molecule has 0 radical (unpaired) electrons. The van der Waals surface area contributed by atoms with Crippen molar-refractivity contribution in [2.75, 3.05) is 0 Å². The minimum Gasteiger partial charge on any atom is -0.507 e. The summed E-state index contributed by atoms with van der Waals surface area (Å²) < 4.78 is 5.94. The third-order valence-electron chi connectivity index (χ3n) is 4.27. The molecule has 0 spiro atoms. The number of fused-ring (bicyclic) bond motifs is 1. The number of nitrogens with zero attached hydrogens (tertiary/aromatic N) is 1. The molecular formula is C21H25NO2. The first-order chi connectivity index (χ1) is 11.1. The number of hydrogen-bond donors (Lipinski definition) is 1. The molecule has 1 N–H and O–H groups in total. The van der Waals surface area contributed by atoms with Crippen molar-refractivity contribution in [2.24, 2.45) is 0 Å². The number of aromatic hydroxyl groups is 1. The molecule has 3 heteroatoms. The zero-order chi connectivity index (χ0) is 17.7. The van der Waals surface area contributed by atoms with Crippen molar-refractivity contribution >= 4 is 11.1 Å². The van der Waals surface area contributed by atoms with Crippen LogP contribution in [0.5, 0.6) is 5.75 Å². The van der Waals surface area contributed by atoms with Crippen LogP contribution in [0.2, 0.25) is 0 Å². The van der Waals surface area contributed by atoms with Gasteiger partial charge in [-0.2, -0.15) is 0 Å². The van der Waals surface area contributed by atoms with Crippen LogP contribution in [0.15, 0.2) is 40.8 Å². The third kappa shape index (κ3) is 2.91. The number of aromatic nitrogens is 1. The van der Waals surface area contributed by atoms with Crippen LogP contribution in [-0.2, 0) is 10.8 Å². The summed E-state index contributed by atoms with van der Waals surface area (Å²) in [5.74, 6) is 0.960. The fourth-order valence-electron chi connectivity index (χ4n) is 2.90. The van der Waals surface area contributed by atoms with Crippen LogP contribution in [0.3, 0.4) is 0 Å². The van der Waals surface area contributed by atoms with E-state index in [0.717, 1.165) is 27.8 Å². The lowest BCUT2D eigenvalue weighted by Gasteiger charge is -2.27. The molecule has 0 amide bonds. The zero-order valence-electron chi connectivity index (χ0n) is 15.3. The van der Waals surface area contributed by atoms with Crippen molar-refractivity contribution in [2.45, 2.75) is 52.4 Å². The summed E-state index contributed by atoms with van der Waals surface area (Å²) in [5.41, 5.74) is 3.99. The van der Waals surface area contributed by atoms with Crippen molar-refractivity contribution in [3.8, 4) is 17.2 Å². The Kier molecular flexibility index (Phi) is 3.71. The van der Waals surface area contributed by atoms with Crippen molar-refractivity contribution in [3.63, 3.8) is 0 Å². The van der Waals surface area contributed by atoms with E-state index in [2.05, 4.69) is 46.5 Å². The molecular weight excluding hydrogens is 298 g/mol. The van der Waals surface area contributed by atoms with Crippen LogP contribution >= 0.6 is 0 Å². The smallest absolute Gasteiger partial charge is 0.227 e. The maximum Gasteiger partial charge on any atom is 0.227 e. The SMILES string of the molecule is CC(C)(C)c1cc(-c2nc3ccccc3o2)cc(C(C)(C)C)c1O. The Morgan fingerprint density at radius 2 is 1.42 bits per heavy atom. The van der Waals surface area contributed by atoms with E-state index in [1.807, 2.05) is 36.4 Å². The van der Waals surface area contributed by atoms with Gasteiger partial charge in [0.2, 0.25) is 5.89 Å². The van der Waals surface area contributed by atoms with Gasteiger partial charge in [-0.3, -0.25) is 0 Å². The average molecular weight is 323 g/mol. The Hall–Kier alpha value is -2.29. The van der Waals surface area contributed by atoms with Gasteiger partial charge >= 0.3 is 0 Å². The quantitative estimate of drug-likeness (QED) is 0.616. The number of rotatable bonds is 1. The van der Waals surface area contributed by atoms with E-state index in [4.69, 9.17) is 4.42 Å². The minimum absolute atomic E-state index is 0.174. The van der Waals surface area contributed by atoms with Gasteiger partial charge in [0, 0.05) is 16.7 Å². The molecule has 0 aliphatic carbocycles. The molecule has 3 rings (SSSR count). The topological polar surface area (TPSA) is 46.3 Å². The predicted octanol–water partition coefficient (Wildman–Crippen LogP) is 5.80. The summed E-state index contributed by atoms with van der Waals surface area (Å²) in [4.78, 5) is 4.61. The second-order valence-electron chi connectivity index (χ2n) is 8.41. The van der Waals surface area contributed by atoms with E-state index < -0.39 is 0 Å². The fourth-order valence-corrected chi connectivity index (χ4v) is 2.90. The molecule has 3 nitrogen and oxygen atoms in total. The summed E-state index contributed by atoms with van der Waals surface area (Å²) in [6.07, 6.45) is 0. The Morgan fingerprint density at radius 3 is 1.92 bits per heavy atom. The first kappa shape index (κ1) is 16.6. The lowest BCUT2D eigenvalue weighted by Crippen LogP contribution is -2.17. The van der Waals surface area contributed by atoms with Crippen molar-refractivity contribution in [1.82, 2.24) is 4.98 Å². The minimum atomic E-state index is -0.174. The summed E-state index contributed by atoms with van der Waals surface area (Å²) in [6.45, 7) is 12.6. The van der Waals surface area contributed by atoms with Crippen molar-refractivity contribution < 1.29 is 9.52 Å². The van der Waals surface area contributed by atoms with Crippen LogP contribution in [-0.4, -0.2) is 10.1 Å². The lowest BCUT2D eigenvalue weighted by atomic mass is 9.78. The van der Waals surface area contributed by atoms with E-state index in [0.29, 0.717) is 11.6 Å². The highest BCUT2D eigenvalue weighted by atomic mass is 16.3. The van der Waals surface area contributed by atoms with Crippen LogP contribution < -0.4 is 0 Å². The number of oxazole rings is 1. The Labute approximate surface area is 143 Å². The van der Waals surface area contributed by atoms with E-state index in [-0.39, 0.29) is 10.8 Å². The highest BCUT2D eigenvalue weighted by Crippen LogP contribution is 2.42. The highest BCUT2D eigenvalue weighted by Gasteiger charge is 2.27. The van der Waals surface area contributed by atoms with Gasteiger partial charge in [0.15, 0.2) is 5.58 Å². The van der Waals surface area contributed by atoms with Crippen LogP contribution in [0.25, 0.3) is 22.6 Å². The van der Waals surface area contributed by atoms with Gasteiger partial charge < -0.3 is 9.52 Å². The molecule has 0 bridgehead atoms. The standard InChI is InChI=1S/C21H25NO2/c1-20(2,3)14-11-13(12-15(18(14)23)21(4,5)6)19-22-16-9-7-8-10-17(16)24-19/h7-12,23H,1-6H3. The van der Waals surface area contributed by atoms with Gasteiger partial charge in [0.1, 0.15) is 11.3 Å². The van der Waals surface area contributed by atoms with Crippen LogP contribution in [0, 0.1) is 0 Å². The van der Waals surface area contributed by atoms with Crippen LogP contribution in [0.1, 0.15) is 52.7 Å². The lowest BCUT2D eigenvalue weighted by molar-refractivity contribution is 0.423. The molecule has 0 fully saturated rings. The van der Waals surface area contributed by atoms with Crippen LogP contribution in [0.4, 0.5) is 0 Å². The largest absolute Gasteiger partial charge is 0.507 e. The van der Waals surface area contributed by atoms with Gasteiger partial charge in [-0.25, -0.2) is 4.98 Å². The molecule has 0 unspecified atom stereocenters. The molecule has 2 aromatic carbocycles. The highest BCUT2D eigenvalue weighted by molar-refractivity contribution is 5.76. The number of phenolic OH excluding ortho intramolecular Hbond substituents is 1. The molecule has 3 aromatic rings. The molecule has 24 heavy (non-hydrogen) atoms. The van der Waals surface area contributed by atoms with E-state index in [1.165, 1.54) is 0 Å². The van der Waals surface area contributed by atoms with Crippen molar-refractivity contribution in [1.29, 1.82) is 0 Å². The summed E-state index contributed by atoms with van der Waals surface area (Å²) in [6, 6.07) is 11.7. The second-order valence-corrected chi connectivity index (χ2v) is 8.41. The van der Waals surface area contributed by atoms with Gasteiger partial charge in [-0.05, 0) is 35.1 Å². The maximum absolute atomic E-state index is 10.8. The zero-order valence-corrected chi connectivity index (χ0v) is 15.3. The number of hydrogen-bond acceptors (Lipinski definition) is 3. The molecule has 0 saturated heterocycles. The Morgan fingerprint density at radius 1 is 0.875 bits per heavy atom. The Balaban J connectivity index is 2.28. The number of phenols is 1. The predicted molar refractivity (Wildman–Crippen MR) is 98.5 cm³/mol. The first-order valence-electron chi connectivity index (χ1n) is 8.31. The summed E-state index contributed by atoms with van der Waals surface area (Å²) in [5, 5.41) is 10.8. The molecule has 0 aliphatic heterocycles. The monoisotopic (exact) mass is 323 g/mol. The van der Waals surface area contributed by atoms with Crippen molar-refractivity contribution in [3.05, 3.63) is 47.5 Å². The molecule has 1 heterocycles. The fraction of sp³-hybridized carbons (Fsp3) is 0.381.